The van der Waals surface area contributed by atoms with Gasteiger partial charge in [-0.25, -0.2) is 13.4 Å². The van der Waals surface area contributed by atoms with E-state index < -0.39 is 21.5 Å². The summed E-state index contributed by atoms with van der Waals surface area (Å²) >= 11 is 1.20. The third-order valence-electron chi connectivity index (χ3n) is 4.07. The molecule has 0 bridgehead atoms. The molecule has 1 N–H and O–H groups in total. The van der Waals surface area contributed by atoms with Crippen LogP contribution in [0.4, 0.5) is 0 Å². The first-order valence-electron chi connectivity index (χ1n) is 7.66. The van der Waals surface area contributed by atoms with Crippen molar-refractivity contribution in [3.05, 3.63) is 24.3 Å². The van der Waals surface area contributed by atoms with Crippen molar-refractivity contribution in [2.24, 2.45) is 5.92 Å². The average Bonchev–Trinajstić information content (AvgIpc) is 2.89. The average molecular weight is 355 g/mol. The van der Waals surface area contributed by atoms with Gasteiger partial charge >= 0.3 is 0 Å². The lowest BCUT2D eigenvalue weighted by atomic mass is 9.86. The molecule has 0 aliphatic carbocycles. The van der Waals surface area contributed by atoms with Crippen LogP contribution in [0.2, 0.25) is 0 Å². The smallest absolute Gasteiger partial charge is 0.210 e. The van der Waals surface area contributed by atoms with Crippen LogP contribution in [0.5, 0.6) is 0 Å². The maximum atomic E-state index is 12.7. The van der Waals surface area contributed by atoms with Crippen molar-refractivity contribution in [3.63, 3.8) is 0 Å². The standard InChI is InChI=1S/C16H21NO4S2/c1-16(2)8-11(9-18)7-12(21-16)10-23(19,20)15-17-13-5-3-4-6-14(13)22-15/h3-6,11-12,18H,7-10H2,1-2H3/t11?,12-/m0/s1. The van der Waals surface area contributed by atoms with Gasteiger partial charge < -0.3 is 9.84 Å². The molecular weight excluding hydrogens is 334 g/mol. The highest BCUT2D eigenvalue weighted by Gasteiger charge is 2.37. The van der Waals surface area contributed by atoms with Gasteiger partial charge in [0.05, 0.1) is 27.7 Å². The Morgan fingerprint density at radius 3 is 2.83 bits per heavy atom. The van der Waals surface area contributed by atoms with E-state index in [0.29, 0.717) is 11.9 Å². The minimum Gasteiger partial charge on any atom is -0.396 e. The lowest BCUT2D eigenvalue weighted by Gasteiger charge is -2.39. The molecule has 1 aliphatic rings. The number of fused-ring (bicyclic) bond motifs is 1. The molecule has 1 unspecified atom stereocenters. The van der Waals surface area contributed by atoms with Gasteiger partial charge in [0.25, 0.3) is 0 Å². The van der Waals surface area contributed by atoms with Gasteiger partial charge in [0.2, 0.25) is 14.2 Å². The Bertz CT molecular complexity index is 764. The maximum Gasteiger partial charge on any atom is 0.210 e. The van der Waals surface area contributed by atoms with Crippen LogP contribution >= 0.6 is 11.3 Å². The summed E-state index contributed by atoms with van der Waals surface area (Å²) in [6.07, 6.45) is 0.888. The summed E-state index contributed by atoms with van der Waals surface area (Å²) in [5.41, 5.74) is 0.286. The van der Waals surface area contributed by atoms with Crippen LogP contribution in [0, 0.1) is 5.92 Å². The molecule has 0 saturated carbocycles. The summed E-state index contributed by atoms with van der Waals surface area (Å²) in [5, 5.41) is 9.44. The van der Waals surface area contributed by atoms with Gasteiger partial charge in [-0.2, -0.15) is 0 Å². The van der Waals surface area contributed by atoms with Crippen LogP contribution in [0.3, 0.4) is 0 Å². The number of para-hydroxylation sites is 1. The van der Waals surface area contributed by atoms with Gasteiger partial charge in [-0.3, -0.25) is 0 Å². The lowest BCUT2D eigenvalue weighted by Crippen LogP contribution is -2.43. The molecule has 1 aromatic heterocycles. The van der Waals surface area contributed by atoms with E-state index in [1.807, 2.05) is 38.1 Å². The van der Waals surface area contributed by atoms with Crippen LogP contribution in [0.15, 0.2) is 28.6 Å². The van der Waals surface area contributed by atoms with E-state index in [-0.39, 0.29) is 22.6 Å². The maximum absolute atomic E-state index is 12.7. The third kappa shape index (κ3) is 3.74. The van der Waals surface area contributed by atoms with E-state index in [4.69, 9.17) is 4.74 Å². The van der Waals surface area contributed by atoms with Crippen molar-refractivity contribution in [1.29, 1.82) is 0 Å². The van der Waals surface area contributed by atoms with E-state index >= 15 is 0 Å². The predicted octanol–water partition coefficient (Wildman–Crippen LogP) is 2.64. The monoisotopic (exact) mass is 355 g/mol. The van der Waals surface area contributed by atoms with Crippen molar-refractivity contribution in [3.8, 4) is 0 Å². The molecule has 7 heteroatoms. The Morgan fingerprint density at radius 1 is 1.39 bits per heavy atom. The number of benzene rings is 1. The molecule has 0 radical (unpaired) electrons. The summed E-state index contributed by atoms with van der Waals surface area (Å²) in [6, 6.07) is 7.40. The van der Waals surface area contributed by atoms with Crippen molar-refractivity contribution in [2.45, 2.75) is 42.7 Å². The van der Waals surface area contributed by atoms with Crippen LogP contribution in [-0.2, 0) is 14.6 Å². The number of rotatable bonds is 4. The second-order valence-electron chi connectivity index (χ2n) is 6.72. The minimum atomic E-state index is -3.50. The molecule has 0 spiro atoms. The van der Waals surface area contributed by atoms with Gasteiger partial charge in [-0.05, 0) is 44.7 Å². The second-order valence-corrected chi connectivity index (χ2v) is 9.96. The number of hydrogen-bond donors (Lipinski definition) is 1. The van der Waals surface area contributed by atoms with Gasteiger partial charge in [0, 0.05) is 6.61 Å². The summed E-state index contributed by atoms with van der Waals surface area (Å²) in [6.45, 7) is 3.93. The number of aliphatic hydroxyl groups excluding tert-OH is 1. The molecule has 1 fully saturated rings. The number of thiazole rings is 1. The van der Waals surface area contributed by atoms with E-state index in [2.05, 4.69) is 4.98 Å². The Hall–Kier alpha value is -1.02. The number of hydrogen-bond acceptors (Lipinski definition) is 6. The van der Waals surface area contributed by atoms with Crippen LogP contribution < -0.4 is 0 Å². The summed E-state index contributed by atoms with van der Waals surface area (Å²) in [7, 11) is -3.50. The third-order valence-corrected chi connectivity index (χ3v) is 7.34. The second kappa shape index (κ2) is 6.12. The molecule has 2 atom stereocenters. The zero-order valence-electron chi connectivity index (χ0n) is 13.2. The topological polar surface area (TPSA) is 76.5 Å². The van der Waals surface area contributed by atoms with E-state index in [1.54, 1.807) is 0 Å². The number of aromatic nitrogens is 1. The molecule has 1 aliphatic heterocycles. The van der Waals surface area contributed by atoms with E-state index in [1.165, 1.54) is 11.3 Å². The van der Waals surface area contributed by atoms with Crippen molar-refractivity contribution < 1.29 is 18.3 Å². The normalized spacial score (nSPS) is 24.8. The predicted molar refractivity (Wildman–Crippen MR) is 90.4 cm³/mol. The van der Waals surface area contributed by atoms with Crippen LogP contribution in [-0.4, -0.2) is 42.6 Å². The molecule has 2 aromatic rings. The minimum absolute atomic E-state index is 0.0600. The van der Waals surface area contributed by atoms with E-state index in [0.717, 1.165) is 11.1 Å². The van der Waals surface area contributed by atoms with Crippen molar-refractivity contribution in [1.82, 2.24) is 4.98 Å². The lowest BCUT2D eigenvalue weighted by molar-refractivity contribution is -0.122. The summed E-state index contributed by atoms with van der Waals surface area (Å²) in [5.74, 6) is -0.0125. The molecule has 2 heterocycles. The Balaban J connectivity index is 1.82. The molecule has 1 saturated heterocycles. The van der Waals surface area contributed by atoms with Gasteiger partial charge in [-0.1, -0.05) is 12.1 Å². The highest BCUT2D eigenvalue weighted by atomic mass is 32.2. The number of sulfone groups is 1. The van der Waals surface area contributed by atoms with Crippen LogP contribution in [0.25, 0.3) is 10.2 Å². The van der Waals surface area contributed by atoms with Crippen LogP contribution in [0.1, 0.15) is 26.7 Å². The molecule has 0 amide bonds. The molecule has 3 rings (SSSR count). The largest absolute Gasteiger partial charge is 0.396 e. The summed E-state index contributed by atoms with van der Waals surface area (Å²) in [4.78, 5) is 4.25. The zero-order chi connectivity index (χ0) is 16.7. The van der Waals surface area contributed by atoms with Gasteiger partial charge in [-0.15, -0.1) is 11.3 Å². The fraction of sp³-hybridized carbons (Fsp3) is 0.562. The first-order valence-corrected chi connectivity index (χ1v) is 10.1. The quantitative estimate of drug-likeness (QED) is 0.912. The zero-order valence-corrected chi connectivity index (χ0v) is 14.9. The van der Waals surface area contributed by atoms with Crippen molar-refractivity contribution >= 4 is 31.4 Å². The van der Waals surface area contributed by atoms with Crippen molar-refractivity contribution in [2.75, 3.05) is 12.4 Å². The number of ether oxygens (including phenoxy) is 1. The molecule has 126 valence electrons. The first kappa shape index (κ1) is 16.8. The molecular formula is C16H21NO4S2. The highest BCUT2D eigenvalue weighted by Crippen LogP contribution is 2.34. The Kier molecular flexibility index (Phi) is 4.48. The fourth-order valence-electron chi connectivity index (χ4n) is 3.24. The Labute approximate surface area is 140 Å². The molecule has 1 aromatic carbocycles. The SMILES string of the molecule is CC1(C)CC(CO)C[C@@H](CS(=O)(=O)c2nc3ccccc3s2)O1. The van der Waals surface area contributed by atoms with E-state index in [9.17, 15) is 13.5 Å². The first-order chi connectivity index (χ1) is 10.8. The summed E-state index contributed by atoms with van der Waals surface area (Å²) < 4.78 is 32.3. The molecule has 23 heavy (non-hydrogen) atoms. The van der Waals surface area contributed by atoms with Gasteiger partial charge in [0.15, 0.2) is 0 Å². The highest BCUT2D eigenvalue weighted by molar-refractivity contribution is 7.93. The number of aliphatic hydroxyl groups is 1. The Morgan fingerprint density at radius 2 is 2.13 bits per heavy atom. The molecule has 5 nitrogen and oxygen atoms in total. The number of nitrogens with zero attached hydrogens (tertiary/aromatic N) is 1. The van der Waals surface area contributed by atoms with Gasteiger partial charge in [0.1, 0.15) is 0 Å². The fourth-order valence-corrected chi connectivity index (χ4v) is 5.99.